The number of halogens is 1. The largest absolute Gasteiger partial charge is 0.354 e. The molecule has 0 bridgehead atoms. The predicted octanol–water partition coefficient (Wildman–Crippen LogP) is 4.69. The van der Waals surface area contributed by atoms with Crippen LogP contribution in [0.25, 0.3) is 21.8 Å². The number of benzene rings is 2. The molecule has 4 nitrogen and oxygen atoms in total. The average Bonchev–Trinajstić information content (AvgIpc) is 3.08. The number of amides is 1. The molecule has 140 valence electrons. The summed E-state index contributed by atoms with van der Waals surface area (Å²) in [5, 5.41) is 3.56. The average molecular weight is 366 g/mol. The molecule has 1 amide bonds. The summed E-state index contributed by atoms with van der Waals surface area (Å²) in [5.41, 5.74) is 1.74. The minimum Gasteiger partial charge on any atom is -0.354 e. The first kappa shape index (κ1) is 18.8. The molecule has 1 saturated carbocycles. The summed E-state index contributed by atoms with van der Waals surface area (Å²) in [7, 11) is 0. The van der Waals surface area contributed by atoms with Crippen LogP contribution in [0.2, 0.25) is 0 Å². The lowest BCUT2D eigenvalue weighted by molar-refractivity contribution is 0.0939. The second-order valence-corrected chi connectivity index (χ2v) is 6.45. The quantitative estimate of drug-likeness (QED) is 0.511. The molecule has 4 rings (SSSR count). The van der Waals surface area contributed by atoms with E-state index in [1.165, 1.54) is 6.07 Å². The van der Waals surface area contributed by atoms with Crippen LogP contribution in [-0.2, 0) is 0 Å². The van der Waals surface area contributed by atoms with Crippen LogP contribution >= 0.6 is 0 Å². The zero-order valence-electron chi connectivity index (χ0n) is 15.6. The van der Waals surface area contributed by atoms with Crippen molar-refractivity contribution in [3.8, 4) is 0 Å². The van der Waals surface area contributed by atoms with E-state index in [0.717, 1.165) is 30.9 Å². The Morgan fingerprint density at radius 2 is 1.93 bits per heavy atom. The topological polar surface area (TPSA) is 62.0 Å². The first-order chi connectivity index (χ1) is 13.0. The third kappa shape index (κ3) is 3.50. The number of fused-ring (bicyclic) bond motifs is 2. The lowest BCUT2D eigenvalue weighted by Gasteiger charge is -2.14. The number of hydrogen-bond donors (Lipinski definition) is 2. The van der Waals surface area contributed by atoms with Gasteiger partial charge >= 0.3 is 0 Å². The first-order valence-electron chi connectivity index (χ1n) is 9.27. The third-order valence-electron chi connectivity index (χ3n) is 4.83. The van der Waals surface area contributed by atoms with Gasteiger partial charge in [-0.2, -0.15) is 0 Å². The highest BCUT2D eigenvalue weighted by Crippen LogP contribution is 2.24. The molecular weight excluding hydrogens is 343 g/mol. The number of H-pyrrole nitrogens is 1. The third-order valence-corrected chi connectivity index (χ3v) is 4.83. The molecule has 1 fully saturated rings. The lowest BCUT2D eigenvalue weighted by atomic mass is 10.1. The number of carbonyl (C=O) groups is 1. The Morgan fingerprint density at radius 3 is 2.63 bits per heavy atom. The Hall–Kier alpha value is -2.95. The lowest BCUT2D eigenvalue weighted by Crippen LogP contribution is -2.34. The van der Waals surface area contributed by atoms with Crippen LogP contribution in [-0.4, -0.2) is 16.9 Å². The fourth-order valence-electron chi connectivity index (χ4n) is 3.44. The molecule has 0 radical (unpaired) electrons. The Labute approximate surface area is 157 Å². The van der Waals surface area contributed by atoms with Gasteiger partial charge in [0.15, 0.2) is 5.43 Å². The van der Waals surface area contributed by atoms with Gasteiger partial charge in [-0.3, -0.25) is 9.59 Å². The van der Waals surface area contributed by atoms with Crippen LogP contribution in [0.5, 0.6) is 0 Å². The van der Waals surface area contributed by atoms with E-state index in [0.29, 0.717) is 16.4 Å². The summed E-state index contributed by atoms with van der Waals surface area (Å²) in [4.78, 5) is 28.1. The highest BCUT2D eigenvalue weighted by atomic mass is 19.1. The van der Waals surface area contributed by atoms with Gasteiger partial charge in [-0.1, -0.05) is 38.1 Å². The zero-order chi connectivity index (χ0) is 19.6. The zero-order valence-corrected chi connectivity index (χ0v) is 15.6. The standard InChI is InChI=1S/C20H17FN2O2.C2H6/c1-11-5-4-8-16(11)23-20(25)13-10-18-14(9-15(13)21)19(24)12-6-2-3-7-17(12)22-18;1-2/h2-3,6-7,9-10,16H,1,4-5,8H2,(H,22,24)(H,23,25);1-2H3. The van der Waals surface area contributed by atoms with Crippen molar-refractivity contribution in [3.05, 3.63) is 70.2 Å². The van der Waals surface area contributed by atoms with E-state index in [4.69, 9.17) is 0 Å². The molecule has 1 aliphatic rings. The van der Waals surface area contributed by atoms with Gasteiger partial charge in [-0.15, -0.1) is 0 Å². The second-order valence-electron chi connectivity index (χ2n) is 6.45. The Kier molecular flexibility index (Phi) is 5.40. The Balaban J connectivity index is 0.00000102. The van der Waals surface area contributed by atoms with Crippen molar-refractivity contribution >= 4 is 27.7 Å². The maximum atomic E-state index is 14.5. The minimum absolute atomic E-state index is 0.0712. The van der Waals surface area contributed by atoms with Gasteiger partial charge in [-0.05, 0) is 43.5 Å². The summed E-state index contributed by atoms with van der Waals surface area (Å²) in [6, 6.07) is 9.48. The second kappa shape index (κ2) is 7.74. The van der Waals surface area contributed by atoms with Crippen LogP contribution in [0.3, 0.4) is 0 Å². The number of pyridine rings is 1. The molecule has 1 aliphatic carbocycles. The predicted molar refractivity (Wildman–Crippen MR) is 108 cm³/mol. The molecule has 0 spiro atoms. The van der Waals surface area contributed by atoms with E-state index in [1.54, 1.807) is 18.2 Å². The van der Waals surface area contributed by atoms with Crippen molar-refractivity contribution in [2.24, 2.45) is 0 Å². The van der Waals surface area contributed by atoms with E-state index in [9.17, 15) is 14.0 Å². The minimum atomic E-state index is -0.700. The smallest absolute Gasteiger partial charge is 0.254 e. The fourth-order valence-corrected chi connectivity index (χ4v) is 3.44. The van der Waals surface area contributed by atoms with Gasteiger partial charge in [0.05, 0.1) is 17.1 Å². The number of aromatic amines is 1. The van der Waals surface area contributed by atoms with E-state index in [1.807, 2.05) is 19.9 Å². The molecule has 2 N–H and O–H groups in total. The van der Waals surface area contributed by atoms with Crippen molar-refractivity contribution in [2.75, 3.05) is 0 Å². The summed E-state index contributed by atoms with van der Waals surface area (Å²) in [5.74, 6) is -1.18. The monoisotopic (exact) mass is 366 g/mol. The van der Waals surface area contributed by atoms with E-state index in [2.05, 4.69) is 16.9 Å². The van der Waals surface area contributed by atoms with Crippen molar-refractivity contribution in [2.45, 2.75) is 39.2 Å². The summed E-state index contributed by atoms with van der Waals surface area (Å²) in [6.07, 6.45) is 2.68. The summed E-state index contributed by atoms with van der Waals surface area (Å²) in [6.45, 7) is 7.94. The first-order valence-corrected chi connectivity index (χ1v) is 9.27. The SMILES string of the molecule is C=C1CCCC1NC(=O)c1cc2[nH]c3ccccc3c(=O)c2cc1F.CC. The highest BCUT2D eigenvalue weighted by molar-refractivity contribution is 6.00. The molecule has 1 unspecified atom stereocenters. The van der Waals surface area contributed by atoms with Gasteiger partial charge in [0.25, 0.3) is 5.91 Å². The molecule has 1 heterocycles. The van der Waals surface area contributed by atoms with Crippen molar-refractivity contribution < 1.29 is 9.18 Å². The summed E-state index contributed by atoms with van der Waals surface area (Å²) >= 11 is 0. The fraction of sp³-hybridized carbons (Fsp3) is 0.273. The molecule has 3 aromatic rings. The maximum Gasteiger partial charge on any atom is 0.254 e. The number of carbonyl (C=O) groups excluding carboxylic acids is 1. The van der Waals surface area contributed by atoms with Gasteiger partial charge in [-0.25, -0.2) is 4.39 Å². The van der Waals surface area contributed by atoms with Crippen molar-refractivity contribution in [1.29, 1.82) is 0 Å². The normalized spacial score (nSPS) is 16.3. The number of nitrogens with one attached hydrogen (secondary N) is 2. The Morgan fingerprint density at radius 1 is 1.19 bits per heavy atom. The molecule has 1 aromatic heterocycles. The number of para-hydroxylation sites is 1. The molecule has 5 heteroatoms. The number of rotatable bonds is 2. The molecule has 2 aromatic carbocycles. The highest BCUT2D eigenvalue weighted by Gasteiger charge is 2.23. The van der Waals surface area contributed by atoms with Crippen LogP contribution in [0, 0.1) is 5.82 Å². The van der Waals surface area contributed by atoms with Crippen LogP contribution in [0.15, 0.2) is 53.3 Å². The van der Waals surface area contributed by atoms with E-state index in [-0.39, 0.29) is 22.4 Å². The number of hydrogen-bond acceptors (Lipinski definition) is 2. The van der Waals surface area contributed by atoms with Crippen molar-refractivity contribution in [3.63, 3.8) is 0 Å². The van der Waals surface area contributed by atoms with Crippen LogP contribution in [0.1, 0.15) is 43.5 Å². The van der Waals surface area contributed by atoms with Gasteiger partial charge < -0.3 is 10.3 Å². The molecule has 27 heavy (non-hydrogen) atoms. The van der Waals surface area contributed by atoms with E-state index < -0.39 is 11.7 Å². The molecule has 0 aliphatic heterocycles. The molecule has 1 atom stereocenters. The van der Waals surface area contributed by atoms with Crippen LogP contribution < -0.4 is 10.7 Å². The Bertz CT molecular complexity index is 1080. The van der Waals surface area contributed by atoms with Gasteiger partial charge in [0.1, 0.15) is 5.82 Å². The van der Waals surface area contributed by atoms with E-state index >= 15 is 0 Å². The van der Waals surface area contributed by atoms with Gasteiger partial charge in [0.2, 0.25) is 0 Å². The van der Waals surface area contributed by atoms with Crippen LogP contribution in [0.4, 0.5) is 4.39 Å². The van der Waals surface area contributed by atoms with Gasteiger partial charge in [0, 0.05) is 16.3 Å². The van der Waals surface area contributed by atoms with Crippen molar-refractivity contribution in [1.82, 2.24) is 10.3 Å². The molecular formula is C22H23FN2O2. The number of aromatic nitrogens is 1. The summed E-state index contributed by atoms with van der Waals surface area (Å²) < 4.78 is 14.5. The maximum absolute atomic E-state index is 14.5. The molecule has 0 saturated heterocycles.